The summed E-state index contributed by atoms with van der Waals surface area (Å²) < 4.78 is 11.3. The summed E-state index contributed by atoms with van der Waals surface area (Å²) in [5.74, 6) is 2.92. The van der Waals surface area contributed by atoms with E-state index >= 15 is 0 Å². The van der Waals surface area contributed by atoms with Crippen molar-refractivity contribution in [3.63, 3.8) is 0 Å². The maximum absolute atomic E-state index is 5.95. The summed E-state index contributed by atoms with van der Waals surface area (Å²) in [5.41, 5.74) is 7.74. The Balaban J connectivity index is 1.35. The van der Waals surface area contributed by atoms with Gasteiger partial charge in [-0.3, -0.25) is 4.90 Å². The van der Waals surface area contributed by atoms with E-state index in [0.717, 1.165) is 63.1 Å². The lowest BCUT2D eigenvalue weighted by Crippen LogP contribution is -2.38. The molecule has 0 atom stereocenters. The highest BCUT2D eigenvalue weighted by atomic mass is 16.5. The molecule has 1 aromatic carbocycles. The van der Waals surface area contributed by atoms with Crippen LogP contribution in [0.1, 0.15) is 30.7 Å². The number of hydrogen-bond donors (Lipinski definition) is 3. The Morgan fingerprint density at radius 2 is 2.10 bits per heavy atom. The predicted molar refractivity (Wildman–Crippen MR) is 119 cm³/mol. The number of ether oxygens (including phenoxy) is 2. The van der Waals surface area contributed by atoms with Gasteiger partial charge in [-0.1, -0.05) is 6.07 Å². The van der Waals surface area contributed by atoms with Crippen molar-refractivity contribution < 1.29 is 9.47 Å². The van der Waals surface area contributed by atoms with Gasteiger partial charge in [-0.2, -0.15) is 4.98 Å². The zero-order chi connectivity index (χ0) is 20.6. The Morgan fingerprint density at radius 1 is 1.23 bits per heavy atom. The molecule has 0 spiro atoms. The number of anilines is 3. The molecule has 8 heteroatoms. The van der Waals surface area contributed by atoms with Crippen molar-refractivity contribution in [2.75, 3.05) is 63.2 Å². The molecule has 4 N–H and O–H groups in total. The third-order valence-electron chi connectivity index (χ3n) is 5.38. The number of hydrogen-bond acceptors (Lipinski definition) is 8. The average molecular weight is 413 g/mol. The summed E-state index contributed by atoms with van der Waals surface area (Å²) >= 11 is 0. The Labute approximate surface area is 178 Å². The molecule has 0 radical (unpaired) electrons. The van der Waals surface area contributed by atoms with E-state index in [9.17, 15) is 0 Å². The Morgan fingerprint density at radius 3 is 2.90 bits per heavy atom. The van der Waals surface area contributed by atoms with Crippen LogP contribution in [-0.2, 0) is 4.74 Å². The molecule has 0 amide bonds. The first kappa shape index (κ1) is 20.8. The molecular weight excluding hydrogens is 380 g/mol. The summed E-state index contributed by atoms with van der Waals surface area (Å²) in [5, 5.41) is 6.73. The molecule has 0 bridgehead atoms. The van der Waals surface area contributed by atoms with Crippen molar-refractivity contribution in [3.05, 3.63) is 36.0 Å². The maximum Gasteiger partial charge on any atom is 0.229 e. The van der Waals surface area contributed by atoms with Crippen LogP contribution >= 0.6 is 0 Å². The minimum atomic E-state index is 0.583. The van der Waals surface area contributed by atoms with Crippen LogP contribution in [-0.4, -0.2) is 67.4 Å². The van der Waals surface area contributed by atoms with Crippen LogP contribution in [0, 0.1) is 0 Å². The highest BCUT2D eigenvalue weighted by molar-refractivity contribution is 5.58. The normalized spacial score (nSPS) is 17.0. The van der Waals surface area contributed by atoms with E-state index in [0.29, 0.717) is 25.0 Å². The quantitative estimate of drug-likeness (QED) is 0.485. The van der Waals surface area contributed by atoms with Gasteiger partial charge in [-0.15, -0.1) is 0 Å². The fourth-order valence-corrected chi connectivity index (χ4v) is 3.51. The molecule has 2 aromatic rings. The molecule has 1 saturated carbocycles. The molecule has 1 aliphatic carbocycles. The minimum Gasteiger partial charge on any atom is -0.492 e. The van der Waals surface area contributed by atoms with E-state index in [1.807, 2.05) is 30.5 Å². The molecule has 30 heavy (non-hydrogen) atoms. The molecular formula is C22H32N6O2. The van der Waals surface area contributed by atoms with E-state index in [1.165, 1.54) is 18.4 Å². The van der Waals surface area contributed by atoms with Crippen molar-refractivity contribution in [3.8, 4) is 5.75 Å². The number of nitrogens with two attached hydrogens (primary N) is 1. The fourth-order valence-electron chi connectivity index (χ4n) is 3.51. The smallest absolute Gasteiger partial charge is 0.229 e. The number of morpholine rings is 1. The Bertz CT molecular complexity index is 808. The van der Waals surface area contributed by atoms with Gasteiger partial charge in [0, 0.05) is 49.7 Å². The SMILES string of the molecule is NCCCNc1nc(Nc2cccc(OCCN3CCOCC3)c2)ncc1C1CC1. The second-order valence-corrected chi connectivity index (χ2v) is 7.80. The summed E-state index contributed by atoms with van der Waals surface area (Å²) in [6.07, 6.45) is 5.29. The second-order valence-electron chi connectivity index (χ2n) is 7.80. The zero-order valence-corrected chi connectivity index (χ0v) is 17.5. The highest BCUT2D eigenvalue weighted by Crippen LogP contribution is 2.42. The molecule has 0 unspecified atom stereocenters. The highest BCUT2D eigenvalue weighted by Gasteiger charge is 2.27. The monoisotopic (exact) mass is 412 g/mol. The second kappa shape index (κ2) is 10.6. The van der Waals surface area contributed by atoms with Gasteiger partial charge in [0.25, 0.3) is 0 Å². The van der Waals surface area contributed by atoms with Crippen LogP contribution in [0.15, 0.2) is 30.5 Å². The number of rotatable bonds is 11. The minimum absolute atomic E-state index is 0.583. The van der Waals surface area contributed by atoms with Crippen molar-refractivity contribution >= 4 is 17.5 Å². The van der Waals surface area contributed by atoms with Crippen LogP contribution in [0.5, 0.6) is 5.75 Å². The van der Waals surface area contributed by atoms with Gasteiger partial charge in [0.1, 0.15) is 18.2 Å². The summed E-state index contributed by atoms with van der Waals surface area (Å²) in [7, 11) is 0. The number of aromatic nitrogens is 2. The zero-order valence-electron chi connectivity index (χ0n) is 17.5. The van der Waals surface area contributed by atoms with Crippen LogP contribution in [0.25, 0.3) is 0 Å². The van der Waals surface area contributed by atoms with E-state index in [-0.39, 0.29) is 0 Å². The third-order valence-corrected chi connectivity index (χ3v) is 5.38. The van der Waals surface area contributed by atoms with Gasteiger partial charge in [0.15, 0.2) is 0 Å². The number of benzene rings is 1. The molecule has 1 aliphatic heterocycles. The van der Waals surface area contributed by atoms with E-state index in [2.05, 4.69) is 20.5 Å². The molecule has 162 valence electrons. The number of nitrogens with zero attached hydrogens (tertiary/aromatic N) is 3. The van der Waals surface area contributed by atoms with Gasteiger partial charge in [0.05, 0.1) is 13.2 Å². The van der Waals surface area contributed by atoms with Gasteiger partial charge < -0.3 is 25.8 Å². The molecule has 2 aliphatic rings. The van der Waals surface area contributed by atoms with Crippen molar-refractivity contribution in [2.45, 2.75) is 25.2 Å². The van der Waals surface area contributed by atoms with Gasteiger partial charge >= 0.3 is 0 Å². The predicted octanol–water partition coefficient (Wildman–Crippen LogP) is 2.57. The van der Waals surface area contributed by atoms with Crippen LogP contribution < -0.4 is 21.1 Å². The van der Waals surface area contributed by atoms with E-state index in [4.69, 9.17) is 20.2 Å². The molecule has 2 fully saturated rings. The van der Waals surface area contributed by atoms with Crippen molar-refractivity contribution in [1.29, 1.82) is 0 Å². The summed E-state index contributed by atoms with van der Waals surface area (Å²) in [6, 6.07) is 7.93. The van der Waals surface area contributed by atoms with E-state index < -0.39 is 0 Å². The molecule has 8 nitrogen and oxygen atoms in total. The van der Waals surface area contributed by atoms with Gasteiger partial charge in [-0.05, 0) is 43.9 Å². The third kappa shape index (κ3) is 6.04. The Hall–Kier alpha value is -2.42. The number of nitrogens with one attached hydrogen (secondary N) is 2. The lowest BCUT2D eigenvalue weighted by atomic mass is 10.2. The first-order valence-electron chi connectivity index (χ1n) is 10.9. The molecule has 2 heterocycles. The standard InChI is InChI=1S/C22H32N6O2/c23-7-2-8-24-21-20(17-5-6-17)16-25-22(27-21)26-18-3-1-4-19(15-18)30-14-11-28-9-12-29-13-10-28/h1,3-4,15-17H,2,5-14,23H2,(H2,24,25,26,27). The lowest BCUT2D eigenvalue weighted by molar-refractivity contribution is 0.0322. The maximum atomic E-state index is 5.95. The van der Waals surface area contributed by atoms with Crippen LogP contribution in [0.4, 0.5) is 17.5 Å². The fraction of sp³-hybridized carbons (Fsp3) is 0.545. The molecule has 4 rings (SSSR count). The largest absolute Gasteiger partial charge is 0.492 e. The van der Waals surface area contributed by atoms with Gasteiger partial charge in [0.2, 0.25) is 5.95 Å². The van der Waals surface area contributed by atoms with Crippen molar-refractivity contribution in [2.24, 2.45) is 5.73 Å². The summed E-state index contributed by atoms with van der Waals surface area (Å²) in [6.45, 7) is 6.61. The average Bonchev–Trinajstić information content (AvgIpc) is 3.61. The van der Waals surface area contributed by atoms with Crippen LogP contribution in [0.3, 0.4) is 0 Å². The summed E-state index contributed by atoms with van der Waals surface area (Å²) in [4.78, 5) is 11.6. The van der Waals surface area contributed by atoms with E-state index in [1.54, 1.807) is 0 Å². The van der Waals surface area contributed by atoms with Crippen LogP contribution in [0.2, 0.25) is 0 Å². The Kier molecular flexibility index (Phi) is 7.34. The first-order valence-corrected chi connectivity index (χ1v) is 10.9. The van der Waals surface area contributed by atoms with Gasteiger partial charge in [-0.25, -0.2) is 4.98 Å². The topological polar surface area (TPSA) is 97.6 Å². The van der Waals surface area contributed by atoms with Crippen molar-refractivity contribution in [1.82, 2.24) is 14.9 Å². The lowest BCUT2D eigenvalue weighted by Gasteiger charge is -2.26. The molecule has 1 saturated heterocycles. The first-order chi connectivity index (χ1) is 14.8. The molecule has 1 aromatic heterocycles.